The second-order valence-corrected chi connectivity index (χ2v) is 11.2. The van der Waals surface area contributed by atoms with Gasteiger partial charge in [0.05, 0.1) is 12.3 Å². The number of hydrogen-bond donors (Lipinski definition) is 0. The van der Waals surface area contributed by atoms with Gasteiger partial charge in [0.25, 0.3) is 0 Å². The summed E-state index contributed by atoms with van der Waals surface area (Å²) in [6.45, 7) is 6.55. The van der Waals surface area contributed by atoms with Crippen molar-refractivity contribution in [3.05, 3.63) is 35.6 Å². The van der Waals surface area contributed by atoms with Crippen molar-refractivity contribution >= 4 is 33.4 Å². The maximum atomic E-state index is 13.4. The molecule has 0 spiro atoms. The Kier molecular flexibility index (Phi) is 10.6. The van der Waals surface area contributed by atoms with E-state index in [1.54, 1.807) is 35.8 Å². The van der Waals surface area contributed by atoms with Crippen LogP contribution in [0.1, 0.15) is 52.0 Å². The van der Waals surface area contributed by atoms with Crippen LogP contribution >= 0.6 is 11.6 Å². The number of alkyl halides is 1. The summed E-state index contributed by atoms with van der Waals surface area (Å²) in [4.78, 5) is 29.0. The molecule has 0 aliphatic carbocycles. The summed E-state index contributed by atoms with van der Waals surface area (Å²) >= 11 is 5.94. The zero-order valence-corrected chi connectivity index (χ0v) is 21.2. The normalized spacial score (nSPS) is 16.1. The number of nitrogens with zero attached hydrogens (tertiary/aromatic N) is 3. The lowest BCUT2D eigenvalue weighted by atomic mass is 10.0. The Hall–Kier alpha value is -1.71. The Balaban J connectivity index is 2.22. The average Bonchev–Trinajstić information content (AvgIpc) is 2.78. The van der Waals surface area contributed by atoms with Crippen LogP contribution in [0, 0.1) is 5.82 Å². The number of rotatable bonds is 11. The highest BCUT2D eigenvalue weighted by atomic mass is 35.5. The first-order valence-electron chi connectivity index (χ1n) is 11.5. The van der Waals surface area contributed by atoms with Crippen molar-refractivity contribution in [2.24, 2.45) is 0 Å². The molecule has 10 heteroatoms. The van der Waals surface area contributed by atoms with Crippen molar-refractivity contribution in [2.75, 3.05) is 31.9 Å². The van der Waals surface area contributed by atoms with Gasteiger partial charge in [-0.15, -0.1) is 11.6 Å². The predicted octanol–water partition coefficient (Wildman–Crippen LogP) is 3.22. The van der Waals surface area contributed by atoms with E-state index in [1.165, 1.54) is 16.4 Å². The van der Waals surface area contributed by atoms with Crippen LogP contribution in [0.15, 0.2) is 24.3 Å². The molecular weight excluding hydrogens is 469 g/mol. The Morgan fingerprint density at radius 1 is 1.15 bits per heavy atom. The summed E-state index contributed by atoms with van der Waals surface area (Å²) in [5.74, 6) is -0.789. The molecule has 0 aromatic heterocycles. The third-order valence-corrected chi connectivity index (χ3v) is 7.99. The molecule has 1 aromatic rings. The van der Waals surface area contributed by atoms with Crippen LogP contribution in [0.25, 0.3) is 0 Å². The standard InChI is InChI=1S/C23H35ClFN3O4S/c1-4-12-27(33(31,32)15-5-2)17-22(29)28(16-19-6-8-20(25)9-7-19)21-10-13-26(14-11-21)23(30)18(3)24/h6-9,18,21H,4-5,10-17H2,1-3H3. The minimum absolute atomic E-state index is 0.00461. The summed E-state index contributed by atoms with van der Waals surface area (Å²) < 4.78 is 40.0. The number of amides is 2. The Labute approximate surface area is 201 Å². The van der Waals surface area contributed by atoms with E-state index in [0.717, 1.165) is 5.56 Å². The maximum Gasteiger partial charge on any atom is 0.240 e. The molecule has 33 heavy (non-hydrogen) atoms. The predicted molar refractivity (Wildman–Crippen MR) is 128 cm³/mol. The molecule has 7 nitrogen and oxygen atoms in total. The Morgan fingerprint density at radius 2 is 1.76 bits per heavy atom. The van der Waals surface area contributed by atoms with E-state index in [-0.39, 0.29) is 49.1 Å². The van der Waals surface area contributed by atoms with Gasteiger partial charge in [-0.25, -0.2) is 12.8 Å². The van der Waals surface area contributed by atoms with Crippen LogP contribution in [-0.2, 0) is 26.2 Å². The van der Waals surface area contributed by atoms with Crippen LogP contribution in [0.5, 0.6) is 0 Å². The highest BCUT2D eigenvalue weighted by Gasteiger charge is 2.33. The van der Waals surface area contributed by atoms with Gasteiger partial charge in [-0.1, -0.05) is 26.0 Å². The van der Waals surface area contributed by atoms with E-state index in [4.69, 9.17) is 11.6 Å². The molecule has 1 aliphatic heterocycles. The molecule has 0 N–H and O–H groups in total. The van der Waals surface area contributed by atoms with E-state index < -0.39 is 15.4 Å². The van der Waals surface area contributed by atoms with Gasteiger partial charge in [-0.3, -0.25) is 9.59 Å². The fourth-order valence-corrected chi connectivity index (χ4v) is 5.73. The molecule has 186 valence electrons. The average molecular weight is 504 g/mol. The molecule has 0 saturated carbocycles. The number of halogens is 2. The lowest BCUT2D eigenvalue weighted by Gasteiger charge is -2.39. The highest BCUT2D eigenvalue weighted by Crippen LogP contribution is 2.22. The third kappa shape index (κ3) is 7.93. The molecule has 1 aromatic carbocycles. The van der Waals surface area contributed by atoms with Crippen molar-refractivity contribution < 1.29 is 22.4 Å². The van der Waals surface area contributed by atoms with E-state index in [1.807, 2.05) is 6.92 Å². The fraction of sp³-hybridized carbons (Fsp3) is 0.652. The smallest absolute Gasteiger partial charge is 0.240 e. The lowest BCUT2D eigenvalue weighted by Crippen LogP contribution is -2.52. The van der Waals surface area contributed by atoms with Gasteiger partial charge in [-0.05, 0) is 50.3 Å². The SMILES string of the molecule is CCCN(CC(=O)N(Cc1ccc(F)cc1)C1CCN(C(=O)C(C)Cl)CC1)S(=O)(=O)CCC. The summed E-state index contributed by atoms with van der Waals surface area (Å²) in [5, 5.41) is -0.607. The quantitative estimate of drug-likeness (QED) is 0.434. The number of benzene rings is 1. The fourth-order valence-electron chi connectivity index (χ4n) is 4.05. The topological polar surface area (TPSA) is 78.0 Å². The second kappa shape index (κ2) is 12.7. The number of sulfonamides is 1. The van der Waals surface area contributed by atoms with Gasteiger partial charge < -0.3 is 9.80 Å². The van der Waals surface area contributed by atoms with Gasteiger partial charge in [-0.2, -0.15) is 4.31 Å². The summed E-state index contributed by atoms with van der Waals surface area (Å²) in [6, 6.07) is 5.78. The molecule has 1 saturated heterocycles. The van der Waals surface area contributed by atoms with Crippen LogP contribution in [-0.4, -0.2) is 77.7 Å². The summed E-state index contributed by atoms with van der Waals surface area (Å²) in [7, 11) is -3.53. The van der Waals surface area contributed by atoms with Crippen molar-refractivity contribution in [3.8, 4) is 0 Å². The molecule has 1 unspecified atom stereocenters. The molecular formula is C23H35ClFN3O4S. The number of carbonyl (C=O) groups is 2. The molecule has 1 aliphatic rings. The molecule has 2 amide bonds. The van der Waals surface area contributed by atoms with Crippen LogP contribution in [0.4, 0.5) is 4.39 Å². The third-order valence-electron chi connectivity index (χ3n) is 5.78. The van der Waals surface area contributed by atoms with Gasteiger partial charge in [0.15, 0.2) is 0 Å². The van der Waals surface area contributed by atoms with Crippen molar-refractivity contribution in [1.82, 2.24) is 14.1 Å². The highest BCUT2D eigenvalue weighted by molar-refractivity contribution is 7.89. The zero-order valence-electron chi connectivity index (χ0n) is 19.7. The largest absolute Gasteiger partial charge is 0.341 e. The molecule has 0 bridgehead atoms. The number of piperidine rings is 1. The van der Waals surface area contributed by atoms with Gasteiger partial charge in [0.1, 0.15) is 11.2 Å². The van der Waals surface area contributed by atoms with E-state index in [0.29, 0.717) is 38.8 Å². The van der Waals surface area contributed by atoms with Gasteiger partial charge >= 0.3 is 0 Å². The Bertz CT molecular complexity index is 887. The number of likely N-dealkylation sites (tertiary alicyclic amines) is 1. The summed E-state index contributed by atoms with van der Waals surface area (Å²) in [6.07, 6.45) is 2.21. The second-order valence-electron chi connectivity index (χ2n) is 8.47. The number of hydrogen-bond acceptors (Lipinski definition) is 4. The Morgan fingerprint density at radius 3 is 2.27 bits per heavy atom. The summed E-state index contributed by atoms with van der Waals surface area (Å²) in [5.41, 5.74) is 0.760. The van der Waals surface area contributed by atoms with E-state index in [9.17, 15) is 22.4 Å². The van der Waals surface area contributed by atoms with Gasteiger partial charge in [0, 0.05) is 32.2 Å². The van der Waals surface area contributed by atoms with E-state index >= 15 is 0 Å². The van der Waals surface area contributed by atoms with E-state index in [2.05, 4.69) is 0 Å². The molecule has 1 heterocycles. The monoisotopic (exact) mass is 503 g/mol. The van der Waals surface area contributed by atoms with Crippen molar-refractivity contribution in [1.29, 1.82) is 0 Å². The first-order valence-corrected chi connectivity index (χ1v) is 13.6. The van der Waals surface area contributed by atoms with Crippen molar-refractivity contribution in [3.63, 3.8) is 0 Å². The first kappa shape index (κ1) is 27.5. The molecule has 1 fully saturated rings. The van der Waals surface area contributed by atoms with Crippen LogP contribution < -0.4 is 0 Å². The lowest BCUT2D eigenvalue weighted by molar-refractivity contribution is -0.137. The minimum Gasteiger partial charge on any atom is -0.341 e. The van der Waals surface area contributed by atoms with Crippen molar-refractivity contribution in [2.45, 2.75) is 64.4 Å². The van der Waals surface area contributed by atoms with Gasteiger partial charge in [0.2, 0.25) is 21.8 Å². The minimum atomic E-state index is -3.53. The zero-order chi connectivity index (χ0) is 24.6. The molecule has 0 radical (unpaired) electrons. The first-order chi connectivity index (χ1) is 15.6. The molecule has 2 rings (SSSR count). The molecule has 1 atom stereocenters. The maximum absolute atomic E-state index is 13.4. The van der Waals surface area contributed by atoms with Crippen LogP contribution in [0.2, 0.25) is 0 Å². The van der Waals surface area contributed by atoms with Crippen LogP contribution in [0.3, 0.4) is 0 Å². The number of carbonyl (C=O) groups excluding carboxylic acids is 2.